The fourth-order valence-corrected chi connectivity index (χ4v) is 3.18. The Balaban J connectivity index is 1.28. The van der Waals surface area contributed by atoms with Gasteiger partial charge in [0.25, 0.3) is 0 Å². The Hall–Kier alpha value is -3.52. The van der Waals surface area contributed by atoms with Crippen LogP contribution in [0.1, 0.15) is 16.8 Å². The van der Waals surface area contributed by atoms with E-state index in [-0.39, 0.29) is 5.91 Å². The first-order valence-corrected chi connectivity index (χ1v) is 9.94. The molecule has 0 aliphatic carbocycles. The summed E-state index contributed by atoms with van der Waals surface area (Å²) in [5.41, 5.74) is 2.78. The minimum Gasteiger partial charge on any atom is -0.378 e. The molecule has 3 heterocycles. The zero-order valence-electron chi connectivity index (χ0n) is 16.6. The van der Waals surface area contributed by atoms with E-state index in [1.54, 1.807) is 17.0 Å². The lowest BCUT2D eigenvalue weighted by atomic mass is 10.2. The number of carbonyl (C=O) groups excluding carboxylic acids is 1. The zero-order valence-corrected chi connectivity index (χ0v) is 16.6. The number of amides is 1. The number of pyridine rings is 1. The third kappa shape index (κ3) is 5.51. The lowest BCUT2D eigenvalue weighted by Gasteiger charge is -2.28. The molecule has 154 valence electrons. The van der Waals surface area contributed by atoms with Crippen LogP contribution in [0.5, 0.6) is 0 Å². The summed E-state index contributed by atoms with van der Waals surface area (Å²) in [6, 6.07) is 13.9. The van der Waals surface area contributed by atoms with E-state index in [0.29, 0.717) is 32.0 Å². The molecule has 8 heteroatoms. The molecule has 0 saturated carbocycles. The van der Waals surface area contributed by atoms with Crippen LogP contribution in [-0.2, 0) is 22.6 Å². The van der Waals surface area contributed by atoms with E-state index in [0.717, 1.165) is 30.0 Å². The summed E-state index contributed by atoms with van der Waals surface area (Å²) in [6.07, 6.45) is 6.72. The van der Waals surface area contributed by atoms with Crippen LogP contribution < -0.4 is 10.2 Å². The molecule has 1 saturated heterocycles. The number of anilines is 1. The predicted molar refractivity (Wildman–Crippen MR) is 114 cm³/mol. The van der Waals surface area contributed by atoms with Crippen LogP contribution in [-0.4, -0.2) is 52.2 Å². The van der Waals surface area contributed by atoms with Gasteiger partial charge in [-0.2, -0.15) is 0 Å². The molecule has 2 aromatic heterocycles. The smallest absolute Gasteiger partial charge is 0.244 e. The van der Waals surface area contributed by atoms with Gasteiger partial charge in [0.05, 0.1) is 26.0 Å². The first-order valence-electron chi connectivity index (χ1n) is 9.94. The normalized spacial score (nSPS) is 14.2. The van der Waals surface area contributed by atoms with Gasteiger partial charge in [-0.25, -0.2) is 9.67 Å². The molecule has 1 N–H and O–H groups in total. The van der Waals surface area contributed by atoms with Crippen LogP contribution in [0.4, 0.5) is 5.82 Å². The third-order valence-electron chi connectivity index (χ3n) is 4.76. The van der Waals surface area contributed by atoms with Crippen molar-refractivity contribution in [2.24, 2.45) is 0 Å². The SMILES string of the molecule is O=C(/C=C/c1cn(Cc2ccccc2)nn1)NCc1ccnc(N2CCOCC2)c1. The summed E-state index contributed by atoms with van der Waals surface area (Å²) >= 11 is 0. The number of nitrogens with zero attached hydrogens (tertiary/aromatic N) is 5. The number of hydrogen-bond acceptors (Lipinski definition) is 6. The van der Waals surface area contributed by atoms with E-state index in [1.807, 2.05) is 48.7 Å². The number of morpholine rings is 1. The van der Waals surface area contributed by atoms with Crippen LogP contribution in [0, 0.1) is 0 Å². The Labute approximate surface area is 175 Å². The summed E-state index contributed by atoms with van der Waals surface area (Å²) in [7, 11) is 0. The monoisotopic (exact) mass is 404 g/mol. The molecule has 30 heavy (non-hydrogen) atoms. The van der Waals surface area contributed by atoms with Gasteiger partial charge in [-0.1, -0.05) is 35.5 Å². The third-order valence-corrected chi connectivity index (χ3v) is 4.76. The fraction of sp³-hybridized carbons (Fsp3) is 0.273. The van der Waals surface area contributed by atoms with E-state index >= 15 is 0 Å². The van der Waals surface area contributed by atoms with Gasteiger partial charge < -0.3 is 15.0 Å². The second-order valence-corrected chi connectivity index (χ2v) is 7.00. The van der Waals surface area contributed by atoms with Gasteiger partial charge in [0, 0.05) is 31.9 Å². The molecule has 0 spiro atoms. The topological polar surface area (TPSA) is 85.2 Å². The highest BCUT2D eigenvalue weighted by atomic mass is 16.5. The molecule has 3 aromatic rings. The average Bonchev–Trinajstić information content (AvgIpc) is 3.25. The molecule has 8 nitrogen and oxygen atoms in total. The van der Waals surface area contributed by atoms with Gasteiger partial charge >= 0.3 is 0 Å². The van der Waals surface area contributed by atoms with Crippen LogP contribution in [0.25, 0.3) is 6.08 Å². The largest absolute Gasteiger partial charge is 0.378 e. The molecular formula is C22H24N6O2. The van der Waals surface area contributed by atoms with E-state index in [4.69, 9.17) is 4.74 Å². The van der Waals surface area contributed by atoms with E-state index in [1.165, 1.54) is 6.08 Å². The van der Waals surface area contributed by atoms with Gasteiger partial charge in [-0.3, -0.25) is 4.79 Å². The molecule has 0 unspecified atom stereocenters. The molecule has 0 radical (unpaired) electrons. The Kier molecular flexibility index (Phi) is 6.46. The van der Waals surface area contributed by atoms with E-state index < -0.39 is 0 Å². The quantitative estimate of drug-likeness (QED) is 0.606. The summed E-state index contributed by atoms with van der Waals surface area (Å²) in [5.74, 6) is 0.730. The van der Waals surface area contributed by atoms with Gasteiger partial charge in [-0.05, 0) is 29.3 Å². The van der Waals surface area contributed by atoms with Gasteiger partial charge in [0.15, 0.2) is 0 Å². The molecule has 0 bridgehead atoms. The number of aromatic nitrogens is 4. The maximum atomic E-state index is 12.2. The van der Waals surface area contributed by atoms with Crippen molar-refractivity contribution < 1.29 is 9.53 Å². The van der Waals surface area contributed by atoms with E-state index in [9.17, 15) is 4.79 Å². The maximum Gasteiger partial charge on any atom is 0.244 e. The number of ether oxygens (including phenoxy) is 1. The molecule has 1 aliphatic rings. The number of benzene rings is 1. The summed E-state index contributed by atoms with van der Waals surface area (Å²) in [4.78, 5) is 18.8. The Bertz CT molecular complexity index is 996. The Morgan fingerprint density at radius 2 is 1.97 bits per heavy atom. The number of carbonyl (C=O) groups is 1. The summed E-state index contributed by atoms with van der Waals surface area (Å²) in [5, 5.41) is 11.1. The van der Waals surface area contributed by atoms with Gasteiger partial charge in [0.2, 0.25) is 5.91 Å². The van der Waals surface area contributed by atoms with Crippen molar-refractivity contribution in [3.8, 4) is 0 Å². The lowest BCUT2D eigenvalue weighted by Crippen LogP contribution is -2.36. The van der Waals surface area contributed by atoms with Crippen molar-refractivity contribution in [3.05, 3.63) is 77.8 Å². The highest BCUT2D eigenvalue weighted by molar-refractivity contribution is 5.91. The van der Waals surface area contributed by atoms with Crippen LogP contribution in [0.2, 0.25) is 0 Å². The Morgan fingerprint density at radius 3 is 2.80 bits per heavy atom. The summed E-state index contributed by atoms with van der Waals surface area (Å²) < 4.78 is 7.13. The standard InChI is InChI=1S/C22H24N6O2/c29-22(7-6-20-17-28(26-25-20)16-18-4-2-1-3-5-18)24-15-19-8-9-23-21(14-19)27-10-12-30-13-11-27/h1-9,14,17H,10-13,15-16H2,(H,24,29)/b7-6+. The van der Waals surface area contributed by atoms with Crippen LogP contribution >= 0.6 is 0 Å². The van der Waals surface area contributed by atoms with Crippen LogP contribution in [0.15, 0.2) is 60.9 Å². The second-order valence-electron chi connectivity index (χ2n) is 7.00. The fourth-order valence-electron chi connectivity index (χ4n) is 3.18. The molecule has 1 amide bonds. The minimum atomic E-state index is -0.183. The number of rotatable bonds is 7. The van der Waals surface area contributed by atoms with Gasteiger partial charge in [-0.15, -0.1) is 5.10 Å². The number of hydrogen-bond donors (Lipinski definition) is 1. The molecule has 1 aromatic carbocycles. The predicted octanol–water partition coefficient (Wildman–Crippen LogP) is 1.89. The van der Waals surface area contributed by atoms with Crippen molar-refractivity contribution in [1.82, 2.24) is 25.3 Å². The van der Waals surface area contributed by atoms with Crippen molar-refractivity contribution in [2.45, 2.75) is 13.1 Å². The highest BCUT2D eigenvalue weighted by Gasteiger charge is 2.12. The number of nitrogens with one attached hydrogen (secondary N) is 1. The van der Waals surface area contributed by atoms with Crippen molar-refractivity contribution >= 4 is 17.8 Å². The first-order chi connectivity index (χ1) is 14.8. The molecule has 1 aliphatic heterocycles. The van der Waals surface area contributed by atoms with Crippen molar-refractivity contribution in [1.29, 1.82) is 0 Å². The summed E-state index contributed by atoms with van der Waals surface area (Å²) in [6.45, 7) is 4.16. The molecule has 4 rings (SSSR count). The average molecular weight is 404 g/mol. The van der Waals surface area contributed by atoms with Crippen molar-refractivity contribution in [3.63, 3.8) is 0 Å². The molecule has 0 atom stereocenters. The molecular weight excluding hydrogens is 380 g/mol. The second kappa shape index (κ2) is 9.80. The first kappa shape index (κ1) is 19.8. The lowest BCUT2D eigenvalue weighted by molar-refractivity contribution is -0.116. The Morgan fingerprint density at radius 1 is 1.13 bits per heavy atom. The molecule has 1 fully saturated rings. The maximum absolute atomic E-state index is 12.2. The zero-order chi connectivity index (χ0) is 20.6. The van der Waals surface area contributed by atoms with E-state index in [2.05, 4.69) is 25.5 Å². The van der Waals surface area contributed by atoms with Crippen molar-refractivity contribution in [2.75, 3.05) is 31.2 Å². The highest BCUT2D eigenvalue weighted by Crippen LogP contribution is 2.14. The van der Waals surface area contributed by atoms with Gasteiger partial charge in [0.1, 0.15) is 11.5 Å². The van der Waals surface area contributed by atoms with Crippen LogP contribution in [0.3, 0.4) is 0 Å². The minimum absolute atomic E-state index is 0.183.